The second kappa shape index (κ2) is 8.56. The van der Waals surface area contributed by atoms with Gasteiger partial charge in [-0.05, 0) is 49.7 Å². The number of likely N-dealkylation sites (tertiary alicyclic amines) is 2. The molecule has 5 heteroatoms. The van der Waals surface area contributed by atoms with Crippen LogP contribution in [0.15, 0.2) is 24.3 Å². The molecule has 0 aromatic heterocycles. The van der Waals surface area contributed by atoms with Crippen molar-refractivity contribution in [3.8, 4) is 0 Å². The molecule has 1 N–H and O–H groups in total. The maximum Gasteiger partial charge on any atom is 0.322 e. The van der Waals surface area contributed by atoms with Gasteiger partial charge in [-0.3, -0.25) is 4.79 Å². The summed E-state index contributed by atoms with van der Waals surface area (Å²) >= 11 is 0. The van der Waals surface area contributed by atoms with Gasteiger partial charge in [0.15, 0.2) is 0 Å². The fourth-order valence-corrected chi connectivity index (χ4v) is 4.11. The molecule has 142 valence electrons. The number of para-hydroxylation sites is 1. The van der Waals surface area contributed by atoms with Gasteiger partial charge in [0.05, 0.1) is 0 Å². The zero-order valence-corrected chi connectivity index (χ0v) is 16.0. The summed E-state index contributed by atoms with van der Waals surface area (Å²) in [6, 6.07) is 8.26. The number of anilines is 1. The molecule has 0 radical (unpaired) electrons. The Hall–Kier alpha value is -2.04. The molecular weight excluding hydrogens is 326 g/mol. The zero-order valence-electron chi connectivity index (χ0n) is 16.0. The Morgan fingerprint density at radius 3 is 2.73 bits per heavy atom. The number of nitrogens with one attached hydrogen (secondary N) is 1. The van der Waals surface area contributed by atoms with Gasteiger partial charge in [0.2, 0.25) is 5.91 Å². The minimum atomic E-state index is -0.00412. The van der Waals surface area contributed by atoms with E-state index in [9.17, 15) is 9.59 Å². The van der Waals surface area contributed by atoms with E-state index in [0.29, 0.717) is 12.3 Å². The summed E-state index contributed by atoms with van der Waals surface area (Å²) < 4.78 is 0. The topological polar surface area (TPSA) is 52.7 Å². The van der Waals surface area contributed by atoms with E-state index < -0.39 is 0 Å². The van der Waals surface area contributed by atoms with Gasteiger partial charge in [0.1, 0.15) is 0 Å². The molecular formula is C21H31N3O2. The number of hydrogen-bond acceptors (Lipinski definition) is 2. The first-order valence-corrected chi connectivity index (χ1v) is 10.0. The Balaban J connectivity index is 1.63. The van der Waals surface area contributed by atoms with Crippen LogP contribution in [0, 0.1) is 0 Å². The number of urea groups is 1. The lowest BCUT2D eigenvalue weighted by atomic mass is 9.99. The van der Waals surface area contributed by atoms with Gasteiger partial charge >= 0.3 is 6.03 Å². The lowest BCUT2D eigenvalue weighted by molar-refractivity contribution is -0.127. The highest BCUT2D eigenvalue weighted by Gasteiger charge is 2.29. The van der Waals surface area contributed by atoms with Gasteiger partial charge in [-0.15, -0.1) is 0 Å². The molecule has 3 amide bonds. The summed E-state index contributed by atoms with van der Waals surface area (Å²) in [6.07, 6.45) is 5.77. The van der Waals surface area contributed by atoms with Crippen LogP contribution in [0.2, 0.25) is 0 Å². The smallest absolute Gasteiger partial charge is 0.322 e. The van der Waals surface area contributed by atoms with Crippen molar-refractivity contribution in [3.05, 3.63) is 29.8 Å². The second-order valence-corrected chi connectivity index (χ2v) is 7.79. The van der Waals surface area contributed by atoms with Crippen LogP contribution >= 0.6 is 0 Å². The highest BCUT2D eigenvalue weighted by atomic mass is 16.2. The number of nitrogens with zero attached hydrogens (tertiary/aromatic N) is 2. The number of amides is 3. The Morgan fingerprint density at radius 2 is 2.00 bits per heavy atom. The molecule has 1 aromatic carbocycles. The number of piperidine rings is 1. The molecule has 1 atom stereocenters. The van der Waals surface area contributed by atoms with Gasteiger partial charge < -0.3 is 15.1 Å². The fourth-order valence-electron chi connectivity index (χ4n) is 4.11. The van der Waals surface area contributed by atoms with Gasteiger partial charge in [-0.1, -0.05) is 32.0 Å². The first kappa shape index (κ1) is 18.7. The van der Waals surface area contributed by atoms with E-state index in [0.717, 1.165) is 63.0 Å². The van der Waals surface area contributed by atoms with E-state index >= 15 is 0 Å². The van der Waals surface area contributed by atoms with Crippen LogP contribution in [-0.2, 0) is 4.79 Å². The largest absolute Gasteiger partial charge is 0.343 e. The molecule has 0 aliphatic carbocycles. The monoisotopic (exact) mass is 357 g/mol. The Morgan fingerprint density at radius 1 is 1.19 bits per heavy atom. The molecule has 2 fully saturated rings. The highest BCUT2D eigenvalue weighted by molar-refractivity contribution is 5.90. The van der Waals surface area contributed by atoms with Crippen molar-refractivity contribution < 1.29 is 9.59 Å². The summed E-state index contributed by atoms with van der Waals surface area (Å²) in [5, 5.41) is 3.13. The molecule has 26 heavy (non-hydrogen) atoms. The van der Waals surface area contributed by atoms with Crippen LogP contribution in [0.5, 0.6) is 0 Å². The number of benzene rings is 1. The average molecular weight is 357 g/mol. The lowest BCUT2D eigenvalue weighted by Gasteiger charge is -2.36. The third-order valence-electron chi connectivity index (χ3n) is 5.62. The van der Waals surface area contributed by atoms with Crippen LogP contribution < -0.4 is 5.32 Å². The van der Waals surface area contributed by atoms with Crippen molar-refractivity contribution in [1.29, 1.82) is 0 Å². The maximum absolute atomic E-state index is 12.9. The summed E-state index contributed by atoms with van der Waals surface area (Å²) in [5.41, 5.74) is 2.07. The fraction of sp³-hybridized carbons (Fsp3) is 0.619. The van der Waals surface area contributed by atoms with E-state index in [-0.39, 0.29) is 18.0 Å². The van der Waals surface area contributed by atoms with E-state index in [1.165, 1.54) is 0 Å². The van der Waals surface area contributed by atoms with Crippen molar-refractivity contribution in [2.75, 3.05) is 25.0 Å². The molecule has 2 saturated heterocycles. The third-order valence-corrected chi connectivity index (χ3v) is 5.62. The van der Waals surface area contributed by atoms with Crippen LogP contribution in [0.4, 0.5) is 10.5 Å². The van der Waals surface area contributed by atoms with Crippen molar-refractivity contribution >= 4 is 17.6 Å². The Kier molecular flexibility index (Phi) is 6.17. The van der Waals surface area contributed by atoms with Crippen LogP contribution in [-0.4, -0.2) is 47.4 Å². The Labute approximate surface area is 156 Å². The van der Waals surface area contributed by atoms with Gasteiger partial charge in [0, 0.05) is 37.8 Å². The van der Waals surface area contributed by atoms with Crippen molar-refractivity contribution in [3.63, 3.8) is 0 Å². The van der Waals surface area contributed by atoms with Gasteiger partial charge in [-0.25, -0.2) is 4.79 Å². The third kappa shape index (κ3) is 4.37. The second-order valence-electron chi connectivity index (χ2n) is 7.79. The number of hydrogen-bond donors (Lipinski definition) is 1. The quantitative estimate of drug-likeness (QED) is 0.858. The first-order chi connectivity index (χ1) is 12.6. The molecule has 3 rings (SSSR count). The lowest BCUT2D eigenvalue weighted by Crippen LogP contribution is -2.47. The molecule has 2 aliphatic rings. The zero-order chi connectivity index (χ0) is 18.5. The molecule has 1 aromatic rings. The molecule has 1 unspecified atom stereocenters. The van der Waals surface area contributed by atoms with Crippen molar-refractivity contribution in [2.24, 2.45) is 0 Å². The standard InChI is InChI=1S/C21H31N3O2/c1-16(2)18-9-3-4-10-19(18)22-21(26)24-14-6-5-8-17(24)12-15-23-13-7-11-20(23)25/h3-4,9-10,16-17H,5-8,11-15H2,1-2H3,(H,22,26). The molecule has 0 bridgehead atoms. The molecule has 5 nitrogen and oxygen atoms in total. The predicted molar refractivity (Wildman–Crippen MR) is 104 cm³/mol. The summed E-state index contributed by atoms with van der Waals surface area (Å²) in [4.78, 5) is 28.7. The molecule has 0 saturated carbocycles. The summed E-state index contributed by atoms with van der Waals surface area (Å²) in [5.74, 6) is 0.632. The average Bonchev–Trinajstić information content (AvgIpc) is 3.05. The maximum atomic E-state index is 12.9. The summed E-state index contributed by atoms with van der Waals surface area (Å²) in [6.45, 7) is 6.73. The van der Waals surface area contributed by atoms with Crippen molar-refractivity contribution in [2.45, 2.75) is 64.3 Å². The first-order valence-electron chi connectivity index (χ1n) is 10.0. The SMILES string of the molecule is CC(C)c1ccccc1NC(=O)N1CCCCC1CCN1CCCC1=O. The van der Waals surface area contributed by atoms with Gasteiger partial charge in [0.25, 0.3) is 0 Å². The molecule has 2 heterocycles. The predicted octanol–water partition coefficient (Wildman–Crippen LogP) is 4.21. The highest BCUT2D eigenvalue weighted by Crippen LogP contribution is 2.26. The number of carbonyl (C=O) groups is 2. The summed E-state index contributed by atoms with van der Waals surface area (Å²) in [7, 11) is 0. The minimum Gasteiger partial charge on any atom is -0.343 e. The molecule has 2 aliphatic heterocycles. The van der Waals surface area contributed by atoms with E-state index in [1.54, 1.807) is 0 Å². The van der Waals surface area contributed by atoms with Gasteiger partial charge in [-0.2, -0.15) is 0 Å². The minimum absolute atomic E-state index is 0.00412. The van der Waals surface area contributed by atoms with Crippen LogP contribution in [0.1, 0.15) is 63.9 Å². The van der Waals surface area contributed by atoms with Crippen LogP contribution in [0.3, 0.4) is 0 Å². The van der Waals surface area contributed by atoms with E-state index in [1.807, 2.05) is 28.0 Å². The van der Waals surface area contributed by atoms with Crippen LogP contribution in [0.25, 0.3) is 0 Å². The van der Waals surface area contributed by atoms with Crippen molar-refractivity contribution in [1.82, 2.24) is 9.80 Å². The number of carbonyl (C=O) groups excluding carboxylic acids is 2. The Bertz CT molecular complexity index is 644. The molecule has 0 spiro atoms. The number of rotatable bonds is 5. The van der Waals surface area contributed by atoms with E-state index in [4.69, 9.17) is 0 Å². The van der Waals surface area contributed by atoms with E-state index in [2.05, 4.69) is 25.2 Å². The normalized spacial score (nSPS) is 20.7.